The zero-order valence-electron chi connectivity index (χ0n) is 12.6. The Morgan fingerprint density at radius 3 is 2.33 bits per heavy atom. The number of carboxylic acid groups (broad SMARTS) is 1. The van der Waals surface area contributed by atoms with Crippen LogP contribution >= 0.6 is 0 Å². The van der Waals surface area contributed by atoms with Gasteiger partial charge in [0.1, 0.15) is 11.8 Å². The summed E-state index contributed by atoms with van der Waals surface area (Å²) in [5.41, 5.74) is -0.969. The van der Waals surface area contributed by atoms with Gasteiger partial charge in [0.2, 0.25) is 0 Å². The molecule has 1 aromatic rings. The van der Waals surface area contributed by atoms with Crippen LogP contribution in [0.2, 0.25) is 0 Å². The summed E-state index contributed by atoms with van der Waals surface area (Å²) in [5.74, 6) is -2.62. The molecule has 5 nitrogen and oxygen atoms in total. The molecule has 1 aromatic carbocycles. The molecule has 1 aliphatic carbocycles. The number of rotatable bonds is 4. The van der Waals surface area contributed by atoms with Crippen LogP contribution in [0.25, 0.3) is 0 Å². The van der Waals surface area contributed by atoms with Gasteiger partial charge in [-0.1, -0.05) is 0 Å². The van der Waals surface area contributed by atoms with Crippen LogP contribution < -0.4 is 5.32 Å². The van der Waals surface area contributed by atoms with E-state index in [0.717, 1.165) is 24.3 Å². The van der Waals surface area contributed by atoms with E-state index >= 15 is 0 Å². The molecule has 2 rings (SSSR count). The predicted molar refractivity (Wildman–Crippen MR) is 77.3 cm³/mol. The molecule has 2 atom stereocenters. The van der Waals surface area contributed by atoms with Crippen LogP contribution in [0.4, 0.5) is 13.2 Å². The van der Waals surface area contributed by atoms with Crippen LogP contribution in [0.3, 0.4) is 0 Å². The average Bonchev–Trinajstić information content (AvgIpc) is 2.51. The van der Waals surface area contributed by atoms with Gasteiger partial charge in [-0.2, -0.15) is 13.2 Å². The fourth-order valence-electron chi connectivity index (χ4n) is 2.76. The fourth-order valence-corrected chi connectivity index (χ4v) is 2.76. The largest absolute Gasteiger partial charge is 0.480 e. The number of benzene rings is 1. The number of aliphatic carboxylic acids is 1. The second-order valence-corrected chi connectivity index (χ2v) is 5.76. The fraction of sp³-hybridized carbons (Fsp3) is 0.438. The van der Waals surface area contributed by atoms with Crippen molar-refractivity contribution >= 4 is 17.7 Å². The van der Waals surface area contributed by atoms with E-state index in [4.69, 9.17) is 0 Å². The lowest BCUT2D eigenvalue weighted by Crippen LogP contribution is -2.47. The molecule has 0 bridgehead atoms. The molecule has 0 aliphatic heterocycles. The Balaban J connectivity index is 2.10. The van der Waals surface area contributed by atoms with Gasteiger partial charge in [-0.15, -0.1) is 0 Å². The van der Waals surface area contributed by atoms with Crippen LogP contribution in [0.15, 0.2) is 24.3 Å². The zero-order valence-corrected chi connectivity index (χ0v) is 12.6. The molecule has 2 N–H and O–H groups in total. The molecular formula is C16H16F3NO4. The van der Waals surface area contributed by atoms with Crippen molar-refractivity contribution in [3.8, 4) is 0 Å². The number of nitrogens with one attached hydrogen (secondary N) is 1. The first-order chi connectivity index (χ1) is 11.2. The van der Waals surface area contributed by atoms with Crippen LogP contribution in [-0.2, 0) is 15.8 Å². The maximum Gasteiger partial charge on any atom is 0.416 e. The summed E-state index contributed by atoms with van der Waals surface area (Å²) in [6, 6.07) is 2.25. The number of Topliss-reactive ketones (excluding diaryl/α,β-unsaturated/α-hetero) is 1. The minimum atomic E-state index is -4.51. The van der Waals surface area contributed by atoms with Gasteiger partial charge < -0.3 is 10.4 Å². The second-order valence-electron chi connectivity index (χ2n) is 5.76. The molecule has 130 valence electrons. The number of carbonyl (C=O) groups is 3. The molecule has 0 radical (unpaired) electrons. The molecular weight excluding hydrogens is 327 g/mol. The molecule has 1 amide bonds. The van der Waals surface area contributed by atoms with E-state index in [1.165, 1.54) is 0 Å². The maximum absolute atomic E-state index is 12.5. The van der Waals surface area contributed by atoms with Crippen molar-refractivity contribution in [2.45, 2.75) is 37.9 Å². The van der Waals surface area contributed by atoms with Crippen molar-refractivity contribution in [1.29, 1.82) is 0 Å². The highest BCUT2D eigenvalue weighted by atomic mass is 19.4. The normalized spacial score (nSPS) is 19.6. The van der Waals surface area contributed by atoms with Crippen molar-refractivity contribution in [2.75, 3.05) is 0 Å². The Kier molecular flexibility index (Phi) is 5.26. The number of carboxylic acids is 1. The minimum Gasteiger partial charge on any atom is -0.480 e. The Bertz CT molecular complexity index is 640. The first-order valence-electron chi connectivity index (χ1n) is 7.41. The van der Waals surface area contributed by atoms with E-state index in [1.807, 2.05) is 0 Å². The molecule has 8 heteroatoms. The van der Waals surface area contributed by atoms with E-state index in [9.17, 15) is 32.7 Å². The summed E-state index contributed by atoms with van der Waals surface area (Å²) >= 11 is 0. The monoisotopic (exact) mass is 343 g/mol. The Labute approximate surface area is 135 Å². The van der Waals surface area contributed by atoms with Gasteiger partial charge in [-0.05, 0) is 43.0 Å². The van der Waals surface area contributed by atoms with Gasteiger partial charge in [0.15, 0.2) is 0 Å². The SMILES string of the molecule is O=C1CCC[C@H]([C@H](NC(=O)c2ccc(C(F)(F)F)cc2)C(=O)O)C1. The van der Waals surface area contributed by atoms with Gasteiger partial charge >= 0.3 is 12.1 Å². The van der Waals surface area contributed by atoms with Gasteiger partial charge in [0, 0.05) is 18.4 Å². The van der Waals surface area contributed by atoms with Crippen LogP contribution in [-0.4, -0.2) is 28.8 Å². The van der Waals surface area contributed by atoms with Crippen molar-refractivity contribution in [2.24, 2.45) is 5.92 Å². The van der Waals surface area contributed by atoms with Crippen molar-refractivity contribution in [3.05, 3.63) is 35.4 Å². The van der Waals surface area contributed by atoms with Gasteiger partial charge in [0.25, 0.3) is 5.91 Å². The van der Waals surface area contributed by atoms with Crippen molar-refractivity contribution < 1.29 is 32.7 Å². The molecule has 24 heavy (non-hydrogen) atoms. The molecule has 0 heterocycles. The number of hydrogen-bond donors (Lipinski definition) is 2. The Hall–Kier alpha value is -2.38. The number of amides is 1. The first-order valence-corrected chi connectivity index (χ1v) is 7.41. The van der Waals surface area contributed by atoms with E-state index in [2.05, 4.69) is 5.32 Å². The molecule has 0 unspecified atom stereocenters. The standard InChI is InChI=1S/C16H16F3NO4/c17-16(18,19)11-6-4-9(5-7-11)14(22)20-13(15(23)24)10-2-1-3-12(21)8-10/h4-7,10,13H,1-3,8H2,(H,20,22)(H,23,24)/t10-,13-/m0/s1. The third kappa shape index (κ3) is 4.33. The number of carbonyl (C=O) groups excluding carboxylic acids is 2. The lowest BCUT2D eigenvalue weighted by atomic mass is 9.83. The summed E-state index contributed by atoms with van der Waals surface area (Å²) in [6.45, 7) is 0. The van der Waals surface area contributed by atoms with E-state index in [1.54, 1.807) is 0 Å². The van der Waals surface area contributed by atoms with Gasteiger partial charge in [-0.25, -0.2) is 4.79 Å². The number of hydrogen-bond acceptors (Lipinski definition) is 3. The smallest absolute Gasteiger partial charge is 0.416 e. The van der Waals surface area contributed by atoms with Crippen LogP contribution in [0.1, 0.15) is 41.6 Å². The van der Waals surface area contributed by atoms with Crippen LogP contribution in [0.5, 0.6) is 0 Å². The summed E-state index contributed by atoms with van der Waals surface area (Å²) < 4.78 is 37.5. The number of alkyl halides is 3. The molecule has 0 spiro atoms. The molecule has 1 fully saturated rings. The van der Waals surface area contributed by atoms with E-state index in [-0.39, 0.29) is 17.8 Å². The summed E-state index contributed by atoms with van der Waals surface area (Å²) in [6.07, 6.45) is -2.99. The van der Waals surface area contributed by atoms with Crippen molar-refractivity contribution in [1.82, 2.24) is 5.32 Å². The molecule has 1 aliphatic rings. The van der Waals surface area contributed by atoms with Gasteiger partial charge in [-0.3, -0.25) is 9.59 Å². The lowest BCUT2D eigenvalue weighted by Gasteiger charge is -2.27. The second kappa shape index (κ2) is 7.02. The minimum absolute atomic E-state index is 0.0544. The lowest BCUT2D eigenvalue weighted by molar-refractivity contribution is -0.141. The molecule has 1 saturated carbocycles. The topological polar surface area (TPSA) is 83.5 Å². The quantitative estimate of drug-likeness (QED) is 0.880. The highest BCUT2D eigenvalue weighted by molar-refractivity contribution is 5.96. The first kappa shape index (κ1) is 18.0. The highest BCUT2D eigenvalue weighted by Gasteiger charge is 2.34. The molecule has 0 saturated heterocycles. The van der Waals surface area contributed by atoms with E-state index in [0.29, 0.717) is 19.3 Å². The third-order valence-corrected chi connectivity index (χ3v) is 4.02. The predicted octanol–water partition coefficient (Wildman–Crippen LogP) is 2.65. The Morgan fingerprint density at radius 1 is 1.21 bits per heavy atom. The molecule has 0 aromatic heterocycles. The van der Waals surface area contributed by atoms with Gasteiger partial charge in [0.05, 0.1) is 5.56 Å². The average molecular weight is 343 g/mol. The van der Waals surface area contributed by atoms with E-state index < -0.39 is 35.6 Å². The highest BCUT2D eigenvalue weighted by Crippen LogP contribution is 2.29. The maximum atomic E-state index is 12.5. The van der Waals surface area contributed by atoms with Crippen molar-refractivity contribution in [3.63, 3.8) is 0 Å². The Morgan fingerprint density at radius 2 is 1.83 bits per heavy atom. The summed E-state index contributed by atoms with van der Waals surface area (Å²) in [4.78, 5) is 35.0. The zero-order chi connectivity index (χ0) is 17.9. The summed E-state index contributed by atoms with van der Waals surface area (Å²) in [5, 5.41) is 11.6. The number of ketones is 1. The summed E-state index contributed by atoms with van der Waals surface area (Å²) in [7, 11) is 0. The third-order valence-electron chi connectivity index (χ3n) is 4.02. The number of halogens is 3. The van der Waals surface area contributed by atoms with Crippen LogP contribution in [0, 0.1) is 5.92 Å².